The van der Waals surface area contributed by atoms with Crippen LogP contribution in [0.2, 0.25) is 0 Å². The second-order valence-electron chi connectivity index (χ2n) is 5.90. The van der Waals surface area contributed by atoms with Crippen LogP contribution in [0.1, 0.15) is 46.5 Å². The van der Waals surface area contributed by atoms with Gasteiger partial charge in [0, 0.05) is 25.7 Å². The van der Waals surface area contributed by atoms with Crippen LogP contribution in [0.15, 0.2) is 0 Å². The molecule has 3 heteroatoms. The van der Waals surface area contributed by atoms with E-state index in [0.29, 0.717) is 12.1 Å². The van der Waals surface area contributed by atoms with E-state index in [1.54, 1.807) is 0 Å². The summed E-state index contributed by atoms with van der Waals surface area (Å²) in [4.78, 5) is 2.65. The largest absolute Gasteiger partial charge is 0.384 e. The summed E-state index contributed by atoms with van der Waals surface area (Å²) in [5.74, 6) is 0.741. The fraction of sp³-hybridized carbons (Fsp3) is 1.00. The molecule has 0 radical (unpaired) electrons. The fourth-order valence-electron chi connectivity index (χ4n) is 3.00. The van der Waals surface area contributed by atoms with E-state index in [4.69, 9.17) is 4.74 Å². The number of nitrogens with one attached hydrogen (secondary N) is 1. The first-order valence-electron chi connectivity index (χ1n) is 7.63. The number of likely N-dealkylation sites (tertiary alicyclic amines) is 1. The Morgan fingerprint density at radius 2 is 2.17 bits per heavy atom. The van der Waals surface area contributed by atoms with Gasteiger partial charge in [-0.25, -0.2) is 0 Å². The summed E-state index contributed by atoms with van der Waals surface area (Å²) >= 11 is 0. The summed E-state index contributed by atoms with van der Waals surface area (Å²) in [5.41, 5.74) is 0. The molecule has 1 N–H and O–H groups in total. The molecule has 0 aromatic heterocycles. The second kappa shape index (κ2) is 8.89. The molecular formula is C15H32N2O. The SMILES string of the molecule is CCCNC(C)CC(C)N1CCCC(COC)C1. The van der Waals surface area contributed by atoms with Crippen molar-refractivity contribution in [1.82, 2.24) is 10.2 Å². The van der Waals surface area contributed by atoms with Gasteiger partial charge in [0.05, 0.1) is 6.61 Å². The molecule has 0 saturated carbocycles. The number of methoxy groups -OCH3 is 1. The van der Waals surface area contributed by atoms with E-state index >= 15 is 0 Å². The zero-order valence-electron chi connectivity index (χ0n) is 12.7. The van der Waals surface area contributed by atoms with Crippen molar-refractivity contribution >= 4 is 0 Å². The van der Waals surface area contributed by atoms with Gasteiger partial charge in [0.2, 0.25) is 0 Å². The highest BCUT2D eigenvalue weighted by Crippen LogP contribution is 2.20. The molecule has 1 heterocycles. The average molecular weight is 256 g/mol. The van der Waals surface area contributed by atoms with E-state index in [0.717, 1.165) is 19.1 Å². The topological polar surface area (TPSA) is 24.5 Å². The first kappa shape index (κ1) is 15.9. The Morgan fingerprint density at radius 3 is 2.83 bits per heavy atom. The number of ether oxygens (including phenoxy) is 1. The molecule has 1 aliphatic rings. The number of hydrogen-bond acceptors (Lipinski definition) is 3. The van der Waals surface area contributed by atoms with E-state index in [-0.39, 0.29) is 0 Å². The minimum absolute atomic E-state index is 0.628. The van der Waals surface area contributed by atoms with Crippen LogP contribution in [0.5, 0.6) is 0 Å². The van der Waals surface area contributed by atoms with Crippen molar-refractivity contribution in [3.05, 3.63) is 0 Å². The highest BCUT2D eigenvalue weighted by Gasteiger charge is 2.24. The second-order valence-corrected chi connectivity index (χ2v) is 5.90. The fourth-order valence-corrected chi connectivity index (χ4v) is 3.00. The van der Waals surface area contributed by atoms with Crippen LogP contribution in [-0.4, -0.2) is 50.3 Å². The maximum Gasteiger partial charge on any atom is 0.0502 e. The van der Waals surface area contributed by atoms with Crippen molar-refractivity contribution in [2.75, 3.05) is 33.4 Å². The lowest BCUT2D eigenvalue weighted by molar-refractivity contribution is 0.0679. The highest BCUT2D eigenvalue weighted by atomic mass is 16.5. The standard InChI is InChI=1S/C15H32N2O/c1-5-8-16-13(2)10-14(3)17-9-6-7-15(11-17)12-18-4/h13-16H,5-12H2,1-4H3. The first-order valence-corrected chi connectivity index (χ1v) is 7.63. The Labute approximate surface area is 113 Å². The van der Waals surface area contributed by atoms with Crippen LogP contribution >= 0.6 is 0 Å². The Kier molecular flexibility index (Phi) is 7.87. The van der Waals surface area contributed by atoms with Crippen molar-refractivity contribution in [2.24, 2.45) is 5.92 Å². The van der Waals surface area contributed by atoms with Crippen LogP contribution in [0.3, 0.4) is 0 Å². The number of hydrogen-bond donors (Lipinski definition) is 1. The summed E-state index contributed by atoms with van der Waals surface area (Å²) in [6.07, 6.45) is 5.13. The zero-order valence-corrected chi connectivity index (χ0v) is 12.7. The Bertz CT molecular complexity index is 209. The molecule has 1 aliphatic heterocycles. The molecule has 3 atom stereocenters. The van der Waals surface area contributed by atoms with Gasteiger partial charge in [0.15, 0.2) is 0 Å². The first-order chi connectivity index (χ1) is 8.67. The third-order valence-corrected chi connectivity index (χ3v) is 4.01. The molecule has 1 saturated heterocycles. The Balaban J connectivity index is 2.29. The molecular weight excluding hydrogens is 224 g/mol. The van der Waals surface area contributed by atoms with Crippen LogP contribution in [0, 0.1) is 5.92 Å². The Hall–Kier alpha value is -0.120. The minimum atomic E-state index is 0.628. The van der Waals surface area contributed by atoms with E-state index in [1.807, 2.05) is 7.11 Å². The normalized spacial score (nSPS) is 25.0. The van der Waals surface area contributed by atoms with Gasteiger partial charge in [-0.1, -0.05) is 6.92 Å². The molecule has 108 valence electrons. The van der Waals surface area contributed by atoms with Gasteiger partial charge < -0.3 is 15.0 Å². The lowest BCUT2D eigenvalue weighted by Crippen LogP contribution is -2.45. The summed E-state index contributed by atoms with van der Waals surface area (Å²) in [6, 6.07) is 1.31. The molecule has 0 spiro atoms. The van der Waals surface area contributed by atoms with Gasteiger partial charge >= 0.3 is 0 Å². The maximum absolute atomic E-state index is 5.30. The highest BCUT2D eigenvalue weighted by molar-refractivity contribution is 4.79. The maximum atomic E-state index is 5.30. The lowest BCUT2D eigenvalue weighted by Gasteiger charge is -2.37. The monoisotopic (exact) mass is 256 g/mol. The molecule has 3 nitrogen and oxygen atoms in total. The van der Waals surface area contributed by atoms with E-state index in [9.17, 15) is 0 Å². The van der Waals surface area contributed by atoms with Crippen molar-refractivity contribution in [3.8, 4) is 0 Å². The van der Waals surface area contributed by atoms with Gasteiger partial charge in [0.1, 0.15) is 0 Å². The zero-order chi connectivity index (χ0) is 13.4. The van der Waals surface area contributed by atoms with Crippen molar-refractivity contribution in [2.45, 2.75) is 58.5 Å². The predicted molar refractivity (Wildman–Crippen MR) is 78.0 cm³/mol. The molecule has 0 bridgehead atoms. The molecule has 0 aliphatic carbocycles. The summed E-state index contributed by atoms with van der Waals surface area (Å²) in [5, 5.41) is 3.59. The minimum Gasteiger partial charge on any atom is -0.384 e. The molecule has 0 amide bonds. The molecule has 0 aromatic carbocycles. The summed E-state index contributed by atoms with van der Waals surface area (Å²) in [7, 11) is 1.82. The third-order valence-electron chi connectivity index (χ3n) is 4.01. The van der Waals surface area contributed by atoms with E-state index in [2.05, 4.69) is 31.0 Å². The van der Waals surface area contributed by atoms with Gasteiger partial charge in [-0.3, -0.25) is 0 Å². The van der Waals surface area contributed by atoms with Gasteiger partial charge in [0.25, 0.3) is 0 Å². The number of rotatable bonds is 8. The molecule has 18 heavy (non-hydrogen) atoms. The quantitative estimate of drug-likeness (QED) is 0.722. The smallest absolute Gasteiger partial charge is 0.0502 e. The third kappa shape index (κ3) is 5.68. The van der Waals surface area contributed by atoms with Gasteiger partial charge in [-0.2, -0.15) is 0 Å². The van der Waals surface area contributed by atoms with Crippen LogP contribution in [-0.2, 0) is 4.74 Å². The van der Waals surface area contributed by atoms with Crippen LogP contribution in [0.4, 0.5) is 0 Å². The molecule has 1 rings (SSSR count). The van der Waals surface area contributed by atoms with Gasteiger partial charge in [-0.05, 0) is 58.5 Å². The molecule has 1 fully saturated rings. The Morgan fingerprint density at radius 1 is 1.39 bits per heavy atom. The lowest BCUT2D eigenvalue weighted by atomic mass is 9.96. The van der Waals surface area contributed by atoms with E-state index < -0.39 is 0 Å². The van der Waals surface area contributed by atoms with Gasteiger partial charge in [-0.15, -0.1) is 0 Å². The van der Waals surface area contributed by atoms with Crippen molar-refractivity contribution < 1.29 is 4.74 Å². The van der Waals surface area contributed by atoms with Crippen LogP contribution in [0.25, 0.3) is 0 Å². The average Bonchev–Trinajstić information content (AvgIpc) is 2.37. The van der Waals surface area contributed by atoms with Crippen LogP contribution < -0.4 is 5.32 Å². The number of piperidine rings is 1. The van der Waals surface area contributed by atoms with Crippen molar-refractivity contribution in [1.29, 1.82) is 0 Å². The number of nitrogens with zero attached hydrogens (tertiary/aromatic N) is 1. The predicted octanol–water partition coefficient (Wildman–Crippen LogP) is 2.51. The van der Waals surface area contributed by atoms with Crippen molar-refractivity contribution in [3.63, 3.8) is 0 Å². The molecule has 3 unspecified atom stereocenters. The summed E-state index contributed by atoms with van der Waals surface area (Å²) in [6.45, 7) is 11.5. The van der Waals surface area contributed by atoms with E-state index in [1.165, 1.54) is 38.8 Å². The molecule has 0 aromatic rings. The summed E-state index contributed by atoms with van der Waals surface area (Å²) < 4.78 is 5.30.